The third-order valence-corrected chi connectivity index (χ3v) is 1.79. The van der Waals surface area contributed by atoms with E-state index in [4.69, 9.17) is 0 Å². The molecule has 1 heterocycles. The van der Waals surface area contributed by atoms with Crippen molar-refractivity contribution in [2.75, 3.05) is 6.54 Å². The molecule has 0 bridgehead atoms. The molecule has 0 saturated heterocycles. The second-order valence-corrected chi connectivity index (χ2v) is 2.84. The molecule has 1 N–H and O–H groups in total. The highest BCUT2D eigenvalue weighted by molar-refractivity contribution is 4.92. The van der Waals surface area contributed by atoms with Crippen LogP contribution in [0.2, 0.25) is 0 Å². The van der Waals surface area contributed by atoms with E-state index in [9.17, 15) is 0 Å². The van der Waals surface area contributed by atoms with E-state index in [1.165, 1.54) is 0 Å². The number of nitrogens with zero attached hydrogens (tertiary/aromatic N) is 3. The van der Waals surface area contributed by atoms with Crippen LogP contribution in [0.3, 0.4) is 0 Å². The molecule has 4 nitrogen and oxygen atoms in total. The zero-order valence-electron chi connectivity index (χ0n) is 8.25. The summed E-state index contributed by atoms with van der Waals surface area (Å²) in [5.41, 5.74) is 0. The topological polar surface area (TPSA) is 42.7 Å². The van der Waals surface area contributed by atoms with E-state index in [0.717, 1.165) is 31.2 Å². The second kappa shape index (κ2) is 4.77. The molecule has 0 aliphatic rings. The highest BCUT2D eigenvalue weighted by Gasteiger charge is 2.03. The molecule has 0 spiro atoms. The molecule has 1 aromatic heterocycles. The number of aryl methyl sites for hydroxylation is 2. The summed E-state index contributed by atoms with van der Waals surface area (Å²) in [6.07, 6.45) is 2.71. The summed E-state index contributed by atoms with van der Waals surface area (Å²) < 4.78 is 1.81. The van der Waals surface area contributed by atoms with Gasteiger partial charge in [-0.2, -0.15) is 5.10 Å². The van der Waals surface area contributed by atoms with Crippen LogP contribution < -0.4 is 5.32 Å². The van der Waals surface area contributed by atoms with Crippen molar-refractivity contribution in [3.8, 4) is 0 Å². The lowest BCUT2D eigenvalue weighted by Gasteiger charge is -1.99. The van der Waals surface area contributed by atoms with Gasteiger partial charge < -0.3 is 5.32 Å². The molecule has 72 valence electrons. The minimum Gasteiger partial charge on any atom is -0.306 e. The van der Waals surface area contributed by atoms with Crippen LogP contribution in [0.4, 0.5) is 0 Å². The summed E-state index contributed by atoms with van der Waals surface area (Å²) in [7, 11) is 1.91. The Morgan fingerprint density at radius 2 is 2.38 bits per heavy atom. The molecular formula is C9H16N4. The van der Waals surface area contributed by atoms with E-state index in [-0.39, 0.29) is 0 Å². The fourth-order valence-electron chi connectivity index (χ4n) is 1.06. The summed E-state index contributed by atoms with van der Waals surface area (Å²) in [4.78, 5) is 4.36. The summed E-state index contributed by atoms with van der Waals surface area (Å²) >= 11 is 0. The zero-order valence-corrected chi connectivity index (χ0v) is 8.25. The lowest BCUT2D eigenvalue weighted by molar-refractivity contribution is 0.641. The van der Waals surface area contributed by atoms with Crippen molar-refractivity contribution < 1.29 is 0 Å². The maximum Gasteiger partial charge on any atom is 0.150 e. The first-order valence-corrected chi connectivity index (χ1v) is 4.48. The Bertz CT molecular complexity index is 277. The fourth-order valence-corrected chi connectivity index (χ4v) is 1.06. The molecule has 0 unspecified atom stereocenters. The predicted molar refractivity (Wildman–Crippen MR) is 52.3 cm³/mol. The molecular weight excluding hydrogens is 164 g/mol. The summed E-state index contributed by atoms with van der Waals surface area (Å²) in [6.45, 7) is 7.23. The minimum atomic E-state index is 0.746. The second-order valence-electron chi connectivity index (χ2n) is 2.84. The first kappa shape index (κ1) is 9.92. The number of hydrogen-bond acceptors (Lipinski definition) is 3. The van der Waals surface area contributed by atoms with Gasteiger partial charge in [-0.15, -0.1) is 6.58 Å². The lowest BCUT2D eigenvalue weighted by atomic mass is 10.5. The van der Waals surface area contributed by atoms with Gasteiger partial charge >= 0.3 is 0 Å². The molecule has 0 atom stereocenters. The third kappa shape index (κ3) is 2.66. The molecule has 0 amide bonds. The van der Waals surface area contributed by atoms with Crippen molar-refractivity contribution in [2.24, 2.45) is 7.05 Å². The molecule has 0 radical (unpaired) electrons. The predicted octanol–water partition coefficient (Wildman–Crippen LogP) is 0.653. The maximum atomic E-state index is 4.36. The van der Waals surface area contributed by atoms with Crippen LogP contribution in [0.25, 0.3) is 0 Å². The van der Waals surface area contributed by atoms with Gasteiger partial charge in [0.1, 0.15) is 5.82 Å². The Hall–Kier alpha value is -1.16. The highest BCUT2D eigenvalue weighted by Crippen LogP contribution is 1.96. The lowest BCUT2D eigenvalue weighted by Crippen LogP contribution is -2.16. The first-order valence-electron chi connectivity index (χ1n) is 4.48. The van der Waals surface area contributed by atoms with Crippen LogP contribution in [0.15, 0.2) is 12.7 Å². The quantitative estimate of drug-likeness (QED) is 0.534. The SMILES string of the molecule is C=CCNCc1nc(CC)nn1C. The number of hydrogen-bond donors (Lipinski definition) is 1. The largest absolute Gasteiger partial charge is 0.306 e. The molecule has 0 aromatic carbocycles. The monoisotopic (exact) mass is 180 g/mol. The number of nitrogens with one attached hydrogen (secondary N) is 1. The van der Waals surface area contributed by atoms with E-state index in [1.807, 2.05) is 17.8 Å². The average molecular weight is 180 g/mol. The van der Waals surface area contributed by atoms with Gasteiger partial charge in [-0.3, -0.25) is 4.68 Å². The molecule has 0 saturated carbocycles. The first-order chi connectivity index (χ1) is 6.27. The zero-order chi connectivity index (χ0) is 9.68. The fraction of sp³-hybridized carbons (Fsp3) is 0.556. The van der Waals surface area contributed by atoms with Crippen LogP contribution >= 0.6 is 0 Å². The summed E-state index contributed by atoms with van der Waals surface area (Å²) in [5.74, 6) is 1.87. The van der Waals surface area contributed by atoms with Crippen LogP contribution in [-0.4, -0.2) is 21.3 Å². The molecule has 4 heteroatoms. The Balaban J connectivity index is 2.54. The molecule has 0 aliphatic heterocycles. The molecule has 1 rings (SSSR count). The van der Waals surface area contributed by atoms with Gasteiger partial charge in [0.05, 0.1) is 6.54 Å². The van der Waals surface area contributed by atoms with Gasteiger partial charge in [0.25, 0.3) is 0 Å². The maximum absolute atomic E-state index is 4.36. The van der Waals surface area contributed by atoms with Crippen molar-refractivity contribution >= 4 is 0 Å². The Kier molecular flexibility index (Phi) is 3.64. The van der Waals surface area contributed by atoms with Crippen LogP contribution in [0.1, 0.15) is 18.6 Å². The van der Waals surface area contributed by atoms with E-state index < -0.39 is 0 Å². The van der Waals surface area contributed by atoms with E-state index >= 15 is 0 Å². The van der Waals surface area contributed by atoms with Gasteiger partial charge in [0.2, 0.25) is 0 Å². The summed E-state index contributed by atoms with van der Waals surface area (Å²) in [5, 5.41) is 7.44. The Morgan fingerprint density at radius 3 is 2.92 bits per heavy atom. The van der Waals surface area contributed by atoms with Gasteiger partial charge in [0.15, 0.2) is 5.82 Å². The van der Waals surface area contributed by atoms with Crippen molar-refractivity contribution in [2.45, 2.75) is 19.9 Å². The van der Waals surface area contributed by atoms with Crippen LogP contribution in [-0.2, 0) is 20.0 Å². The Labute approximate surface area is 78.7 Å². The van der Waals surface area contributed by atoms with E-state index in [0.29, 0.717) is 0 Å². The minimum absolute atomic E-state index is 0.746. The van der Waals surface area contributed by atoms with E-state index in [1.54, 1.807) is 0 Å². The van der Waals surface area contributed by atoms with Gasteiger partial charge in [-0.05, 0) is 0 Å². The molecule has 1 aromatic rings. The average Bonchev–Trinajstić information content (AvgIpc) is 2.48. The highest BCUT2D eigenvalue weighted by atomic mass is 15.3. The molecule has 0 aliphatic carbocycles. The van der Waals surface area contributed by atoms with Gasteiger partial charge in [-0.25, -0.2) is 4.98 Å². The van der Waals surface area contributed by atoms with Crippen molar-refractivity contribution in [3.05, 3.63) is 24.3 Å². The summed E-state index contributed by atoms with van der Waals surface area (Å²) in [6, 6.07) is 0. The van der Waals surface area contributed by atoms with Gasteiger partial charge in [-0.1, -0.05) is 13.0 Å². The van der Waals surface area contributed by atoms with Crippen molar-refractivity contribution in [1.29, 1.82) is 0 Å². The smallest absolute Gasteiger partial charge is 0.150 e. The normalized spacial score (nSPS) is 10.3. The molecule has 0 fully saturated rings. The molecule has 13 heavy (non-hydrogen) atoms. The van der Waals surface area contributed by atoms with Gasteiger partial charge in [0, 0.05) is 20.0 Å². The third-order valence-electron chi connectivity index (χ3n) is 1.79. The standard InChI is InChI=1S/C9H16N4/c1-4-6-10-7-9-11-8(5-2)12-13(9)3/h4,10H,1,5-7H2,2-3H3. The number of rotatable bonds is 5. The van der Waals surface area contributed by atoms with E-state index in [2.05, 4.69) is 28.9 Å². The van der Waals surface area contributed by atoms with Crippen molar-refractivity contribution in [3.63, 3.8) is 0 Å². The number of aromatic nitrogens is 3. The van der Waals surface area contributed by atoms with Crippen molar-refractivity contribution in [1.82, 2.24) is 20.1 Å². The van der Waals surface area contributed by atoms with Crippen LogP contribution in [0, 0.1) is 0 Å². The Morgan fingerprint density at radius 1 is 1.62 bits per heavy atom. The van der Waals surface area contributed by atoms with Crippen LogP contribution in [0.5, 0.6) is 0 Å².